The number of nitrogens with zero attached hydrogens (tertiary/aromatic N) is 1. The lowest BCUT2D eigenvalue weighted by atomic mass is 10.3. The van der Waals surface area contributed by atoms with Crippen LogP contribution in [0.3, 0.4) is 0 Å². The van der Waals surface area contributed by atoms with Crippen molar-refractivity contribution in [2.24, 2.45) is 0 Å². The molecule has 0 aromatic carbocycles. The van der Waals surface area contributed by atoms with E-state index in [1.807, 2.05) is 6.07 Å². The fraction of sp³-hybridized carbons (Fsp3) is 0.714. The van der Waals surface area contributed by atoms with Crippen molar-refractivity contribution in [2.75, 3.05) is 13.2 Å². The zero-order valence-corrected chi connectivity index (χ0v) is 6.25. The second-order valence-corrected chi connectivity index (χ2v) is 2.06. The minimum atomic E-state index is -0.953. The quantitative estimate of drug-likeness (QED) is 0.578. The molecular formula is C7H11NO3. The molecule has 0 aliphatic heterocycles. The van der Waals surface area contributed by atoms with Crippen LogP contribution in [0.4, 0.5) is 0 Å². The monoisotopic (exact) mass is 157 g/mol. The smallest absolute Gasteiger partial charge is 0.329 e. The van der Waals surface area contributed by atoms with Gasteiger partial charge in [-0.2, -0.15) is 5.26 Å². The number of hydrogen-bond acceptors (Lipinski definition) is 3. The number of carboxylic acids is 1. The van der Waals surface area contributed by atoms with E-state index in [4.69, 9.17) is 15.1 Å². The molecule has 0 aliphatic carbocycles. The van der Waals surface area contributed by atoms with E-state index in [0.29, 0.717) is 13.0 Å². The van der Waals surface area contributed by atoms with Gasteiger partial charge >= 0.3 is 5.97 Å². The Morgan fingerprint density at radius 2 is 2.27 bits per heavy atom. The Morgan fingerprint density at radius 1 is 1.55 bits per heavy atom. The van der Waals surface area contributed by atoms with Gasteiger partial charge in [0, 0.05) is 13.0 Å². The first kappa shape index (κ1) is 9.92. The molecule has 0 fully saturated rings. The maximum absolute atomic E-state index is 9.91. The molecule has 0 amide bonds. The highest BCUT2D eigenvalue weighted by molar-refractivity contribution is 5.67. The highest BCUT2D eigenvalue weighted by Crippen LogP contribution is 1.93. The third kappa shape index (κ3) is 8.92. The zero-order chi connectivity index (χ0) is 8.53. The number of rotatable bonds is 6. The van der Waals surface area contributed by atoms with E-state index >= 15 is 0 Å². The molecule has 0 aliphatic rings. The lowest BCUT2D eigenvalue weighted by Crippen LogP contribution is -2.07. The third-order valence-corrected chi connectivity index (χ3v) is 1.05. The SMILES string of the molecule is N#CCCCCOCC(=O)O. The lowest BCUT2D eigenvalue weighted by Gasteiger charge is -1.97. The van der Waals surface area contributed by atoms with Crippen LogP contribution >= 0.6 is 0 Å². The second-order valence-electron chi connectivity index (χ2n) is 2.06. The lowest BCUT2D eigenvalue weighted by molar-refractivity contribution is -0.142. The van der Waals surface area contributed by atoms with Gasteiger partial charge < -0.3 is 9.84 Å². The molecule has 0 saturated carbocycles. The minimum absolute atomic E-state index is 0.243. The van der Waals surface area contributed by atoms with Crippen molar-refractivity contribution in [3.63, 3.8) is 0 Å². The summed E-state index contributed by atoms with van der Waals surface area (Å²) in [4.78, 5) is 9.91. The number of ether oxygens (including phenoxy) is 1. The van der Waals surface area contributed by atoms with Crippen LogP contribution in [-0.4, -0.2) is 24.3 Å². The summed E-state index contributed by atoms with van der Waals surface area (Å²) in [6, 6.07) is 2.00. The number of carbonyl (C=O) groups is 1. The van der Waals surface area contributed by atoms with Gasteiger partial charge in [-0.15, -0.1) is 0 Å². The summed E-state index contributed by atoms with van der Waals surface area (Å²) in [5, 5.41) is 16.3. The minimum Gasteiger partial charge on any atom is -0.480 e. The molecule has 0 radical (unpaired) electrons. The van der Waals surface area contributed by atoms with Crippen LogP contribution in [-0.2, 0) is 9.53 Å². The summed E-state index contributed by atoms with van der Waals surface area (Å²) in [5.74, 6) is -0.953. The van der Waals surface area contributed by atoms with Gasteiger partial charge in [-0.1, -0.05) is 0 Å². The fourth-order valence-corrected chi connectivity index (χ4v) is 0.568. The molecule has 0 bridgehead atoms. The Kier molecular flexibility index (Phi) is 6.34. The first-order valence-electron chi connectivity index (χ1n) is 3.44. The largest absolute Gasteiger partial charge is 0.480 e. The Morgan fingerprint density at radius 3 is 2.82 bits per heavy atom. The van der Waals surface area contributed by atoms with Gasteiger partial charge in [0.15, 0.2) is 0 Å². The van der Waals surface area contributed by atoms with Gasteiger partial charge in [0.2, 0.25) is 0 Å². The van der Waals surface area contributed by atoms with E-state index < -0.39 is 5.97 Å². The van der Waals surface area contributed by atoms with Gasteiger partial charge in [0.25, 0.3) is 0 Å². The van der Waals surface area contributed by atoms with Crippen molar-refractivity contribution < 1.29 is 14.6 Å². The maximum Gasteiger partial charge on any atom is 0.329 e. The van der Waals surface area contributed by atoms with Crippen LogP contribution in [0, 0.1) is 11.3 Å². The number of hydrogen-bond donors (Lipinski definition) is 1. The standard InChI is InChI=1S/C7H11NO3/c8-4-2-1-3-5-11-6-7(9)10/h1-3,5-6H2,(H,9,10). The number of unbranched alkanes of at least 4 members (excludes halogenated alkanes) is 2. The second kappa shape index (κ2) is 7.03. The molecule has 4 nitrogen and oxygen atoms in total. The summed E-state index contributed by atoms with van der Waals surface area (Å²) in [5.41, 5.74) is 0. The highest BCUT2D eigenvalue weighted by Gasteiger charge is 1.94. The van der Waals surface area contributed by atoms with Crippen LogP contribution in [0.5, 0.6) is 0 Å². The summed E-state index contributed by atoms with van der Waals surface area (Å²) < 4.78 is 4.73. The van der Waals surface area contributed by atoms with E-state index in [1.165, 1.54) is 0 Å². The molecule has 0 aromatic heterocycles. The summed E-state index contributed by atoms with van der Waals surface area (Å²) in [6.07, 6.45) is 2.04. The van der Waals surface area contributed by atoms with Gasteiger partial charge in [0.05, 0.1) is 6.07 Å². The topological polar surface area (TPSA) is 70.3 Å². The molecule has 0 heterocycles. The van der Waals surface area contributed by atoms with Crippen molar-refractivity contribution in [1.29, 1.82) is 5.26 Å². The van der Waals surface area contributed by atoms with Crippen LogP contribution in [0.15, 0.2) is 0 Å². The molecule has 0 rings (SSSR count). The first-order chi connectivity index (χ1) is 5.27. The van der Waals surface area contributed by atoms with E-state index in [9.17, 15) is 4.79 Å². The molecule has 1 N–H and O–H groups in total. The Bertz CT molecular complexity index is 150. The van der Waals surface area contributed by atoms with Crippen molar-refractivity contribution in [2.45, 2.75) is 19.3 Å². The summed E-state index contributed by atoms with van der Waals surface area (Å²) in [6.45, 7) is 0.181. The highest BCUT2D eigenvalue weighted by atomic mass is 16.5. The molecule has 0 spiro atoms. The maximum atomic E-state index is 9.91. The Hall–Kier alpha value is -1.08. The first-order valence-corrected chi connectivity index (χ1v) is 3.44. The number of aliphatic carboxylic acids is 1. The molecular weight excluding hydrogens is 146 g/mol. The van der Waals surface area contributed by atoms with E-state index in [-0.39, 0.29) is 6.61 Å². The third-order valence-electron chi connectivity index (χ3n) is 1.05. The predicted octanol–water partition coefficient (Wildman–Crippen LogP) is 0.781. The fourth-order valence-electron chi connectivity index (χ4n) is 0.568. The van der Waals surface area contributed by atoms with Gasteiger partial charge in [-0.05, 0) is 12.8 Å². The van der Waals surface area contributed by atoms with E-state index in [2.05, 4.69) is 0 Å². The molecule has 11 heavy (non-hydrogen) atoms. The van der Waals surface area contributed by atoms with Crippen molar-refractivity contribution in [3.05, 3.63) is 0 Å². The van der Waals surface area contributed by atoms with E-state index in [1.54, 1.807) is 0 Å². The molecule has 62 valence electrons. The molecule has 0 saturated heterocycles. The average molecular weight is 157 g/mol. The predicted molar refractivity (Wildman–Crippen MR) is 37.9 cm³/mol. The molecule has 0 unspecified atom stereocenters. The normalized spacial score (nSPS) is 9.00. The van der Waals surface area contributed by atoms with Crippen LogP contribution in [0.25, 0.3) is 0 Å². The van der Waals surface area contributed by atoms with Gasteiger partial charge in [-0.3, -0.25) is 0 Å². The van der Waals surface area contributed by atoms with Crippen LogP contribution in [0.2, 0.25) is 0 Å². The van der Waals surface area contributed by atoms with Gasteiger partial charge in [-0.25, -0.2) is 4.79 Å². The molecule has 4 heteroatoms. The van der Waals surface area contributed by atoms with Crippen molar-refractivity contribution in [3.8, 4) is 6.07 Å². The van der Waals surface area contributed by atoms with Crippen molar-refractivity contribution >= 4 is 5.97 Å². The average Bonchev–Trinajstić information content (AvgIpc) is 1.96. The summed E-state index contributed by atoms with van der Waals surface area (Å²) >= 11 is 0. The van der Waals surface area contributed by atoms with Crippen LogP contribution in [0.1, 0.15) is 19.3 Å². The van der Waals surface area contributed by atoms with E-state index in [0.717, 1.165) is 12.8 Å². The number of carboxylic acid groups (broad SMARTS) is 1. The zero-order valence-electron chi connectivity index (χ0n) is 6.25. The Balaban J connectivity index is 2.92. The number of nitriles is 1. The van der Waals surface area contributed by atoms with Crippen molar-refractivity contribution in [1.82, 2.24) is 0 Å². The Labute approximate surface area is 65.4 Å². The molecule has 0 aromatic rings. The van der Waals surface area contributed by atoms with Crippen LogP contribution < -0.4 is 0 Å². The van der Waals surface area contributed by atoms with Gasteiger partial charge in [0.1, 0.15) is 6.61 Å². The summed E-state index contributed by atoms with van der Waals surface area (Å²) in [7, 11) is 0. The molecule has 0 atom stereocenters.